The number of hydrogen-bond acceptors (Lipinski definition) is 5. The fraction of sp³-hybridized carbons (Fsp3) is 0.333. The maximum atomic E-state index is 13.4. The van der Waals surface area contributed by atoms with Crippen molar-refractivity contribution in [2.24, 2.45) is 5.92 Å². The topological polar surface area (TPSA) is 75.2 Å². The highest BCUT2D eigenvalue weighted by molar-refractivity contribution is 6.07. The first-order valence-corrected chi connectivity index (χ1v) is 10.4. The van der Waals surface area contributed by atoms with Crippen LogP contribution in [0.5, 0.6) is 0 Å². The van der Waals surface area contributed by atoms with Crippen molar-refractivity contribution >= 4 is 34.1 Å². The van der Waals surface area contributed by atoms with Crippen molar-refractivity contribution in [1.82, 2.24) is 14.9 Å². The van der Waals surface area contributed by atoms with Crippen LogP contribution in [0.1, 0.15) is 53.1 Å². The lowest BCUT2D eigenvalue weighted by Crippen LogP contribution is -2.39. The molecular weight excluding hydrogens is 376 g/mol. The predicted molar refractivity (Wildman–Crippen MR) is 118 cm³/mol. The summed E-state index contributed by atoms with van der Waals surface area (Å²) in [5, 5.41) is 4.16. The Bertz CT molecular complexity index is 1130. The third-order valence-electron chi connectivity index (χ3n) is 5.58. The summed E-state index contributed by atoms with van der Waals surface area (Å²) in [5.74, 6) is 0.458. The van der Waals surface area contributed by atoms with Crippen molar-refractivity contribution in [3.05, 3.63) is 59.4 Å². The van der Waals surface area contributed by atoms with Gasteiger partial charge in [0.15, 0.2) is 11.4 Å². The largest absolute Gasteiger partial charge is 0.354 e. The molecule has 3 aromatic rings. The first-order chi connectivity index (χ1) is 14.4. The molecular formula is C24H26N4O2. The van der Waals surface area contributed by atoms with Gasteiger partial charge in [0, 0.05) is 41.6 Å². The van der Waals surface area contributed by atoms with Gasteiger partial charge in [-0.25, -0.2) is 9.97 Å². The molecule has 1 aliphatic heterocycles. The highest BCUT2D eigenvalue weighted by Crippen LogP contribution is 2.31. The number of likely N-dealkylation sites (tertiary alicyclic amines) is 1. The van der Waals surface area contributed by atoms with Gasteiger partial charge in [-0.1, -0.05) is 19.1 Å². The number of pyridine rings is 2. The van der Waals surface area contributed by atoms with Crippen LogP contribution in [0.4, 0.5) is 11.4 Å². The zero-order valence-corrected chi connectivity index (χ0v) is 17.6. The fourth-order valence-electron chi connectivity index (χ4n) is 3.97. The van der Waals surface area contributed by atoms with Gasteiger partial charge < -0.3 is 10.2 Å². The SMILES string of the molecule is CC(=O)c1cccc(Nc2c(C(=O)N3CCCC(C)C3)cnc3nc(C)ccc23)c1. The Balaban J connectivity index is 1.80. The van der Waals surface area contributed by atoms with Crippen molar-refractivity contribution in [2.45, 2.75) is 33.6 Å². The Kier molecular flexibility index (Phi) is 5.48. The number of carbonyl (C=O) groups excluding carboxylic acids is 2. The number of fused-ring (bicyclic) bond motifs is 1. The molecule has 1 atom stereocenters. The molecule has 0 saturated carbocycles. The number of rotatable bonds is 4. The molecule has 1 aliphatic rings. The summed E-state index contributed by atoms with van der Waals surface area (Å²) < 4.78 is 0. The second kappa shape index (κ2) is 8.22. The molecule has 4 rings (SSSR count). The third kappa shape index (κ3) is 4.03. The molecule has 1 fully saturated rings. The monoisotopic (exact) mass is 402 g/mol. The van der Waals surface area contributed by atoms with E-state index in [-0.39, 0.29) is 11.7 Å². The number of aromatic nitrogens is 2. The Morgan fingerprint density at radius 1 is 1.20 bits per heavy atom. The molecule has 1 saturated heterocycles. The van der Waals surface area contributed by atoms with E-state index in [1.165, 1.54) is 0 Å². The van der Waals surface area contributed by atoms with E-state index in [2.05, 4.69) is 22.2 Å². The number of nitrogens with one attached hydrogen (secondary N) is 1. The summed E-state index contributed by atoms with van der Waals surface area (Å²) in [4.78, 5) is 36.1. The van der Waals surface area contributed by atoms with E-state index in [1.807, 2.05) is 36.1 Å². The van der Waals surface area contributed by atoms with E-state index >= 15 is 0 Å². The van der Waals surface area contributed by atoms with Crippen LogP contribution in [0, 0.1) is 12.8 Å². The Morgan fingerprint density at radius 3 is 2.80 bits per heavy atom. The molecule has 1 amide bonds. The van der Waals surface area contributed by atoms with Crippen molar-refractivity contribution in [1.29, 1.82) is 0 Å². The lowest BCUT2D eigenvalue weighted by atomic mass is 9.99. The molecule has 0 spiro atoms. The van der Waals surface area contributed by atoms with Crippen molar-refractivity contribution in [3.8, 4) is 0 Å². The minimum atomic E-state index is -0.0262. The first kappa shape index (κ1) is 20.0. The zero-order valence-electron chi connectivity index (χ0n) is 17.6. The van der Waals surface area contributed by atoms with Gasteiger partial charge in [0.2, 0.25) is 0 Å². The minimum Gasteiger partial charge on any atom is -0.354 e. The number of anilines is 2. The number of benzene rings is 1. The maximum absolute atomic E-state index is 13.4. The summed E-state index contributed by atoms with van der Waals surface area (Å²) in [5.41, 5.74) is 4.01. The Hall–Kier alpha value is -3.28. The van der Waals surface area contributed by atoms with Crippen LogP contribution in [0.2, 0.25) is 0 Å². The molecule has 1 N–H and O–H groups in total. The number of Topliss-reactive ketones (excluding diaryl/α,β-unsaturated/α-hetero) is 1. The van der Waals surface area contributed by atoms with Crippen LogP contribution in [-0.4, -0.2) is 39.6 Å². The summed E-state index contributed by atoms with van der Waals surface area (Å²) in [6.45, 7) is 7.14. The van der Waals surface area contributed by atoms with Gasteiger partial charge in [0.05, 0.1) is 11.3 Å². The molecule has 154 valence electrons. The van der Waals surface area contributed by atoms with Gasteiger partial charge in [0.25, 0.3) is 5.91 Å². The third-order valence-corrected chi connectivity index (χ3v) is 5.58. The van der Waals surface area contributed by atoms with Crippen molar-refractivity contribution in [3.63, 3.8) is 0 Å². The van der Waals surface area contributed by atoms with E-state index in [9.17, 15) is 9.59 Å². The summed E-state index contributed by atoms with van der Waals surface area (Å²) in [6.07, 6.45) is 3.78. The standard InChI is InChI=1S/C24H26N4O2/c1-15-6-5-11-28(14-15)24(30)21-13-25-23-20(10-9-16(2)26-23)22(21)27-19-8-4-7-18(12-19)17(3)29/h4,7-10,12-13,15H,5-6,11,14H2,1-3H3,(H,25,26,27). The quantitative estimate of drug-likeness (QED) is 0.637. The first-order valence-electron chi connectivity index (χ1n) is 10.4. The molecule has 3 heterocycles. The van der Waals surface area contributed by atoms with Crippen molar-refractivity contribution in [2.75, 3.05) is 18.4 Å². The van der Waals surface area contributed by atoms with Crippen LogP contribution in [-0.2, 0) is 0 Å². The molecule has 1 aromatic carbocycles. The predicted octanol–water partition coefficient (Wildman–Crippen LogP) is 4.76. The van der Waals surface area contributed by atoms with E-state index in [0.717, 1.165) is 42.7 Å². The van der Waals surface area contributed by atoms with E-state index in [0.29, 0.717) is 28.4 Å². The van der Waals surface area contributed by atoms with E-state index < -0.39 is 0 Å². The number of ketones is 1. The van der Waals surface area contributed by atoms with Gasteiger partial charge in [0.1, 0.15) is 0 Å². The lowest BCUT2D eigenvalue weighted by molar-refractivity contribution is 0.0683. The smallest absolute Gasteiger partial charge is 0.257 e. The molecule has 6 heteroatoms. The van der Waals surface area contributed by atoms with Gasteiger partial charge in [-0.2, -0.15) is 0 Å². The maximum Gasteiger partial charge on any atom is 0.257 e. The number of piperidine rings is 1. The van der Waals surface area contributed by atoms with Crippen LogP contribution in [0.3, 0.4) is 0 Å². The summed E-state index contributed by atoms with van der Waals surface area (Å²) in [7, 11) is 0. The molecule has 30 heavy (non-hydrogen) atoms. The molecule has 0 bridgehead atoms. The van der Waals surface area contributed by atoms with Crippen LogP contribution in [0.25, 0.3) is 11.0 Å². The Labute approximate surface area is 176 Å². The second-order valence-corrected chi connectivity index (χ2v) is 8.13. The molecule has 1 unspecified atom stereocenters. The molecule has 6 nitrogen and oxygen atoms in total. The van der Waals surface area contributed by atoms with Crippen LogP contribution >= 0.6 is 0 Å². The number of aryl methyl sites for hydroxylation is 1. The number of amides is 1. The normalized spacial score (nSPS) is 16.5. The fourth-order valence-corrected chi connectivity index (χ4v) is 3.97. The highest BCUT2D eigenvalue weighted by atomic mass is 16.2. The van der Waals surface area contributed by atoms with Gasteiger partial charge in [-0.05, 0) is 56.9 Å². The van der Waals surface area contributed by atoms with Gasteiger partial charge >= 0.3 is 0 Å². The lowest BCUT2D eigenvalue weighted by Gasteiger charge is -2.31. The average molecular weight is 402 g/mol. The average Bonchev–Trinajstić information content (AvgIpc) is 2.73. The molecule has 2 aromatic heterocycles. The van der Waals surface area contributed by atoms with Crippen LogP contribution in [0.15, 0.2) is 42.6 Å². The van der Waals surface area contributed by atoms with E-state index in [1.54, 1.807) is 25.3 Å². The molecule has 0 aliphatic carbocycles. The number of hydrogen-bond donors (Lipinski definition) is 1. The number of nitrogens with zero attached hydrogens (tertiary/aromatic N) is 3. The van der Waals surface area contributed by atoms with E-state index in [4.69, 9.17) is 0 Å². The van der Waals surface area contributed by atoms with Crippen LogP contribution < -0.4 is 5.32 Å². The van der Waals surface area contributed by atoms with Crippen molar-refractivity contribution < 1.29 is 9.59 Å². The Morgan fingerprint density at radius 2 is 2.03 bits per heavy atom. The summed E-state index contributed by atoms with van der Waals surface area (Å²) in [6, 6.07) is 11.2. The second-order valence-electron chi connectivity index (χ2n) is 8.13. The number of carbonyl (C=O) groups is 2. The zero-order chi connectivity index (χ0) is 21.3. The summed E-state index contributed by atoms with van der Waals surface area (Å²) >= 11 is 0. The minimum absolute atomic E-state index is 0.00543. The molecule has 0 radical (unpaired) electrons. The highest BCUT2D eigenvalue weighted by Gasteiger charge is 2.25. The van der Waals surface area contributed by atoms with Gasteiger partial charge in [-0.3, -0.25) is 9.59 Å². The van der Waals surface area contributed by atoms with Gasteiger partial charge in [-0.15, -0.1) is 0 Å².